The first-order chi connectivity index (χ1) is 14.9. The van der Waals surface area contributed by atoms with E-state index in [1.807, 2.05) is 0 Å². The van der Waals surface area contributed by atoms with E-state index in [0.29, 0.717) is 23.8 Å². The zero-order valence-electron chi connectivity index (χ0n) is 19.2. The lowest BCUT2D eigenvalue weighted by atomic mass is 10.0. The van der Waals surface area contributed by atoms with E-state index in [1.165, 1.54) is 6.07 Å². The van der Waals surface area contributed by atoms with Crippen molar-refractivity contribution in [2.45, 2.75) is 32.7 Å². The summed E-state index contributed by atoms with van der Waals surface area (Å²) in [5.74, 6) is 0.242. The fourth-order valence-electron chi connectivity index (χ4n) is 4.36. The Kier molecular flexibility index (Phi) is 8.92. The molecule has 0 radical (unpaired) electrons. The van der Waals surface area contributed by atoms with Crippen molar-refractivity contribution >= 4 is 17.4 Å². The molecule has 0 spiro atoms. The predicted octanol–water partition coefficient (Wildman–Crippen LogP) is 2.84. The lowest BCUT2D eigenvalue weighted by molar-refractivity contribution is 0.0130. The Labute approximate surface area is 185 Å². The SMILES string of the molecule is CC(C)C[C@H](CNC(=O)Nc1ccc(N2CCCN(C)CC2)c(F)c1)N1CCOCC1. The normalized spacial score (nSPS) is 19.8. The molecule has 2 amide bonds. The number of benzene rings is 1. The average Bonchev–Trinajstić information content (AvgIpc) is 2.96. The molecule has 31 heavy (non-hydrogen) atoms. The van der Waals surface area contributed by atoms with Gasteiger partial charge in [0.25, 0.3) is 0 Å². The van der Waals surface area contributed by atoms with Crippen molar-refractivity contribution in [3.63, 3.8) is 0 Å². The van der Waals surface area contributed by atoms with E-state index in [1.54, 1.807) is 12.1 Å². The Morgan fingerprint density at radius 2 is 1.90 bits per heavy atom. The molecule has 1 aromatic rings. The number of carbonyl (C=O) groups is 1. The predicted molar refractivity (Wildman–Crippen MR) is 123 cm³/mol. The van der Waals surface area contributed by atoms with E-state index < -0.39 is 0 Å². The van der Waals surface area contributed by atoms with Gasteiger partial charge >= 0.3 is 6.03 Å². The van der Waals surface area contributed by atoms with Gasteiger partial charge in [0.05, 0.1) is 18.9 Å². The zero-order valence-corrected chi connectivity index (χ0v) is 19.2. The Morgan fingerprint density at radius 3 is 2.61 bits per heavy atom. The van der Waals surface area contributed by atoms with E-state index in [4.69, 9.17) is 4.74 Å². The highest BCUT2D eigenvalue weighted by Gasteiger charge is 2.22. The molecule has 7 nitrogen and oxygen atoms in total. The Morgan fingerprint density at radius 1 is 1.13 bits per heavy atom. The summed E-state index contributed by atoms with van der Waals surface area (Å²) in [4.78, 5) is 19.2. The van der Waals surface area contributed by atoms with Gasteiger partial charge < -0.3 is 25.2 Å². The number of rotatable bonds is 7. The van der Waals surface area contributed by atoms with Crippen LogP contribution in [0.4, 0.5) is 20.6 Å². The molecular formula is C23H38FN5O2. The average molecular weight is 436 g/mol. The van der Waals surface area contributed by atoms with Crippen molar-refractivity contribution in [1.82, 2.24) is 15.1 Å². The maximum absolute atomic E-state index is 14.8. The van der Waals surface area contributed by atoms with Gasteiger partial charge in [-0.05, 0) is 50.6 Å². The number of carbonyl (C=O) groups excluding carboxylic acids is 1. The minimum Gasteiger partial charge on any atom is -0.379 e. The lowest BCUT2D eigenvalue weighted by Crippen LogP contribution is -2.49. The Bertz CT molecular complexity index is 711. The van der Waals surface area contributed by atoms with Crippen molar-refractivity contribution in [1.29, 1.82) is 0 Å². The number of hydrogen-bond donors (Lipinski definition) is 2. The van der Waals surface area contributed by atoms with E-state index in [9.17, 15) is 9.18 Å². The number of nitrogens with zero attached hydrogens (tertiary/aromatic N) is 3. The van der Waals surface area contributed by atoms with Crippen LogP contribution in [0.5, 0.6) is 0 Å². The standard InChI is InChI=1S/C23H38FN5O2/c1-18(2)15-20(28-11-13-31-14-12-28)17-25-23(30)26-19-5-6-22(21(24)16-19)29-8-4-7-27(3)9-10-29/h5-6,16,18,20H,4,7-15,17H2,1-3H3,(H2,25,26,30)/t20-/m1/s1. The quantitative estimate of drug-likeness (QED) is 0.690. The maximum Gasteiger partial charge on any atom is 0.319 e. The van der Waals surface area contributed by atoms with E-state index in [0.717, 1.165) is 65.3 Å². The minimum absolute atomic E-state index is 0.273. The molecule has 2 saturated heterocycles. The second-order valence-electron chi connectivity index (χ2n) is 9.08. The van der Waals surface area contributed by atoms with Crippen LogP contribution < -0.4 is 15.5 Å². The molecule has 2 N–H and O–H groups in total. The molecule has 174 valence electrons. The van der Waals surface area contributed by atoms with Gasteiger partial charge in [-0.25, -0.2) is 9.18 Å². The second-order valence-corrected chi connectivity index (χ2v) is 9.08. The number of urea groups is 1. The van der Waals surface area contributed by atoms with E-state index >= 15 is 0 Å². The minimum atomic E-state index is -0.300. The highest BCUT2D eigenvalue weighted by atomic mass is 19.1. The van der Waals surface area contributed by atoms with Crippen molar-refractivity contribution in [2.24, 2.45) is 5.92 Å². The highest BCUT2D eigenvalue weighted by molar-refractivity contribution is 5.89. The lowest BCUT2D eigenvalue weighted by Gasteiger charge is -2.35. The van der Waals surface area contributed by atoms with Gasteiger partial charge in [0.2, 0.25) is 0 Å². The smallest absolute Gasteiger partial charge is 0.319 e. The first kappa shape index (κ1) is 23.8. The summed E-state index contributed by atoms with van der Waals surface area (Å²) in [6.07, 6.45) is 2.02. The fourth-order valence-corrected chi connectivity index (χ4v) is 4.36. The van der Waals surface area contributed by atoms with E-state index in [-0.39, 0.29) is 17.9 Å². The van der Waals surface area contributed by atoms with Crippen LogP contribution >= 0.6 is 0 Å². The number of amides is 2. The number of hydrogen-bond acceptors (Lipinski definition) is 5. The molecule has 1 aromatic carbocycles. The van der Waals surface area contributed by atoms with Gasteiger partial charge in [0, 0.05) is 51.0 Å². The molecular weight excluding hydrogens is 397 g/mol. The molecule has 0 saturated carbocycles. The Hall–Kier alpha value is -1.90. The summed E-state index contributed by atoms with van der Waals surface area (Å²) in [5, 5.41) is 5.76. The van der Waals surface area contributed by atoms with Gasteiger partial charge in [-0.3, -0.25) is 4.90 Å². The van der Waals surface area contributed by atoms with Crippen LogP contribution in [0.1, 0.15) is 26.7 Å². The molecule has 0 unspecified atom stereocenters. The fraction of sp³-hybridized carbons (Fsp3) is 0.696. The van der Waals surface area contributed by atoms with Crippen molar-refractivity contribution in [2.75, 3.05) is 76.3 Å². The third-order valence-corrected chi connectivity index (χ3v) is 6.07. The number of ether oxygens (including phenoxy) is 1. The van der Waals surface area contributed by atoms with Gasteiger partial charge in [0.1, 0.15) is 5.82 Å². The van der Waals surface area contributed by atoms with Crippen LogP contribution in [-0.4, -0.2) is 87.9 Å². The first-order valence-corrected chi connectivity index (χ1v) is 11.5. The summed E-state index contributed by atoms with van der Waals surface area (Å²) >= 11 is 0. The first-order valence-electron chi connectivity index (χ1n) is 11.5. The Balaban J connectivity index is 1.53. The third-order valence-electron chi connectivity index (χ3n) is 6.07. The number of halogens is 1. The molecule has 3 rings (SSSR count). The molecule has 2 fully saturated rings. The molecule has 8 heteroatoms. The molecule has 2 aliphatic heterocycles. The number of anilines is 2. The highest BCUT2D eigenvalue weighted by Crippen LogP contribution is 2.24. The molecule has 0 bridgehead atoms. The largest absolute Gasteiger partial charge is 0.379 e. The van der Waals surface area contributed by atoms with Crippen LogP contribution in [0.25, 0.3) is 0 Å². The summed E-state index contributed by atoms with van der Waals surface area (Å²) < 4.78 is 20.2. The zero-order chi connectivity index (χ0) is 22.2. The monoisotopic (exact) mass is 435 g/mol. The number of nitrogens with one attached hydrogen (secondary N) is 2. The summed E-state index contributed by atoms with van der Waals surface area (Å²) in [6, 6.07) is 4.93. The van der Waals surface area contributed by atoms with Crippen molar-refractivity contribution in [3.8, 4) is 0 Å². The van der Waals surface area contributed by atoms with Crippen LogP contribution in [0, 0.1) is 11.7 Å². The van der Waals surface area contributed by atoms with Gasteiger partial charge in [-0.1, -0.05) is 13.8 Å². The van der Waals surface area contributed by atoms with Crippen LogP contribution in [-0.2, 0) is 4.74 Å². The maximum atomic E-state index is 14.8. The molecule has 2 aliphatic rings. The van der Waals surface area contributed by atoms with Crippen molar-refractivity contribution < 1.29 is 13.9 Å². The summed E-state index contributed by atoms with van der Waals surface area (Å²) in [6.45, 7) is 11.8. The van der Waals surface area contributed by atoms with Gasteiger partial charge in [0.15, 0.2) is 0 Å². The molecule has 1 atom stereocenters. The topological polar surface area (TPSA) is 60.1 Å². The molecule has 0 aliphatic carbocycles. The third kappa shape index (κ3) is 7.33. The number of morpholine rings is 1. The van der Waals surface area contributed by atoms with Gasteiger partial charge in [-0.15, -0.1) is 0 Å². The van der Waals surface area contributed by atoms with E-state index in [2.05, 4.69) is 46.2 Å². The van der Waals surface area contributed by atoms with Crippen molar-refractivity contribution in [3.05, 3.63) is 24.0 Å². The summed E-state index contributed by atoms with van der Waals surface area (Å²) in [5.41, 5.74) is 1.07. The molecule has 2 heterocycles. The number of likely N-dealkylation sites (N-methyl/N-ethyl adjacent to an activating group) is 1. The summed E-state index contributed by atoms with van der Waals surface area (Å²) in [7, 11) is 2.09. The van der Waals surface area contributed by atoms with Crippen LogP contribution in [0.15, 0.2) is 18.2 Å². The van der Waals surface area contributed by atoms with Crippen LogP contribution in [0.3, 0.4) is 0 Å². The molecule has 0 aromatic heterocycles. The van der Waals surface area contributed by atoms with Gasteiger partial charge in [-0.2, -0.15) is 0 Å². The van der Waals surface area contributed by atoms with Crippen LogP contribution in [0.2, 0.25) is 0 Å². The second kappa shape index (κ2) is 11.6.